The lowest BCUT2D eigenvalue weighted by Crippen LogP contribution is -1.93. The molecule has 0 spiro atoms. The van der Waals surface area contributed by atoms with Crippen molar-refractivity contribution in [3.63, 3.8) is 0 Å². The number of aliphatic imine (C=N–C) groups is 1. The van der Waals surface area contributed by atoms with Crippen LogP contribution in [0.4, 0.5) is 0 Å². The number of aryl methyl sites for hydroxylation is 1. The van der Waals surface area contributed by atoms with Gasteiger partial charge in [-0.2, -0.15) is 5.10 Å². The summed E-state index contributed by atoms with van der Waals surface area (Å²) in [6, 6.07) is 0. The van der Waals surface area contributed by atoms with Gasteiger partial charge in [-0.05, 0) is 13.6 Å². The molecule has 1 aromatic heterocycles. The molecule has 0 saturated heterocycles. The molecule has 0 fully saturated rings. The first-order valence-corrected chi connectivity index (χ1v) is 4.20. The molecule has 1 heterocycles. The van der Waals surface area contributed by atoms with Crippen LogP contribution in [0.1, 0.15) is 31.4 Å². The summed E-state index contributed by atoms with van der Waals surface area (Å²) in [5.74, 6) is 2.07. The van der Waals surface area contributed by atoms with Crippen LogP contribution in [0, 0.1) is 6.92 Å². The fourth-order valence-corrected chi connectivity index (χ4v) is 0.918. The van der Waals surface area contributed by atoms with Crippen molar-refractivity contribution in [2.24, 2.45) is 4.99 Å². The van der Waals surface area contributed by atoms with Gasteiger partial charge in [0.05, 0.1) is 0 Å². The van der Waals surface area contributed by atoms with Crippen molar-refractivity contribution in [3.05, 3.63) is 17.8 Å². The van der Waals surface area contributed by atoms with Gasteiger partial charge in [-0.3, -0.25) is 4.99 Å². The van der Waals surface area contributed by atoms with Gasteiger partial charge >= 0.3 is 0 Å². The molecule has 0 aliphatic carbocycles. The first-order valence-electron chi connectivity index (χ1n) is 4.20. The molecule has 0 atom stereocenters. The first kappa shape index (κ1) is 9.64. The van der Waals surface area contributed by atoms with Crippen LogP contribution in [0.2, 0.25) is 0 Å². The van der Waals surface area contributed by atoms with Crippen LogP contribution in [0.3, 0.4) is 0 Å². The number of hydrogen-bond donors (Lipinski definition) is 0. The largest absolute Gasteiger partial charge is 0.271 e. The second-order valence-corrected chi connectivity index (χ2v) is 3.10. The van der Waals surface area contributed by atoms with Crippen LogP contribution in [-0.2, 0) is 0 Å². The van der Waals surface area contributed by atoms with E-state index in [9.17, 15) is 0 Å². The average molecular weight is 178 g/mol. The van der Waals surface area contributed by atoms with Gasteiger partial charge in [-0.15, -0.1) is 0 Å². The van der Waals surface area contributed by atoms with Gasteiger partial charge in [0, 0.05) is 18.3 Å². The Hall–Kier alpha value is -1.45. The van der Waals surface area contributed by atoms with Crippen molar-refractivity contribution in [1.29, 1.82) is 0 Å². The highest BCUT2D eigenvalue weighted by molar-refractivity contribution is 5.30. The summed E-state index contributed by atoms with van der Waals surface area (Å²) in [4.78, 5) is 7.91. The fraction of sp³-hybridized carbons (Fsp3) is 0.444. The van der Waals surface area contributed by atoms with Gasteiger partial charge < -0.3 is 0 Å². The lowest BCUT2D eigenvalue weighted by molar-refractivity contribution is 0.763. The molecule has 1 aromatic rings. The molecule has 0 aromatic carbocycles. The average Bonchev–Trinajstić information content (AvgIpc) is 2.44. The molecule has 1 rings (SSSR count). The Balaban J connectivity index is 2.96. The molecule has 70 valence electrons. The standard InChI is InChI=1S/C9H14N4/c1-7(2)9-11-8(3)13(12-9)6-5-10-4/h5-7H,4H2,1-3H3/b6-5-. The highest BCUT2D eigenvalue weighted by atomic mass is 15.3. The van der Waals surface area contributed by atoms with Crippen LogP contribution < -0.4 is 0 Å². The highest BCUT2D eigenvalue weighted by Crippen LogP contribution is 2.09. The van der Waals surface area contributed by atoms with E-state index >= 15 is 0 Å². The Morgan fingerprint density at radius 1 is 1.54 bits per heavy atom. The lowest BCUT2D eigenvalue weighted by atomic mass is 10.2. The predicted molar refractivity (Wildman–Crippen MR) is 53.7 cm³/mol. The van der Waals surface area contributed by atoms with Gasteiger partial charge in [-0.25, -0.2) is 9.67 Å². The SMILES string of the molecule is C=N/C=C\n1nc(C(C)C)nc1C. The smallest absolute Gasteiger partial charge is 0.153 e. The molecule has 0 aliphatic heterocycles. The molecule has 4 nitrogen and oxygen atoms in total. The second kappa shape index (κ2) is 3.98. The third kappa shape index (κ3) is 2.24. The summed E-state index contributed by atoms with van der Waals surface area (Å²) in [6.07, 6.45) is 3.33. The zero-order valence-corrected chi connectivity index (χ0v) is 8.23. The van der Waals surface area contributed by atoms with Crippen LogP contribution in [-0.4, -0.2) is 21.5 Å². The molecule has 0 N–H and O–H groups in total. The van der Waals surface area contributed by atoms with E-state index in [1.165, 1.54) is 0 Å². The Bertz CT molecular complexity index is 322. The topological polar surface area (TPSA) is 43.1 Å². The van der Waals surface area contributed by atoms with Gasteiger partial charge in [0.2, 0.25) is 0 Å². The third-order valence-electron chi connectivity index (χ3n) is 1.65. The minimum absolute atomic E-state index is 0.352. The first-order chi connectivity index (χ1) is 6.15. The molecule has 13 heavy (non-hydrogen) atoms. The minimum Gasteiger partial charge on any atom is -0.271 e. The van der Waals surface area contributed by atoms with Crippen LogP contribution in [0.15, 0.2) is 11.2 Å². The van der Waals surface area contributed by atoms with E-state index in [1.807, 2.05) is 6.92 Å². The highest BCUT2D eigenvalue weighted by Gasteiger charge is 2.06. The van der Waals surface area contributed by atoms with Crippen molar-refractivity contribution < 1.29 is 0 Å². The number of hydrogen-bond acceptors (Lipinski definition) is 3. The van der Waals surface area contributed by atoms with Crippen LogP contribution >= 0.6 is 0 Å². The molecule has 0 unspecified atom stereocenters. The van der Waals surface area contributed by atoms with Gasteiger partial charge in [0.1, 0.15) is 5.82 Å². The van der Waals surface area contributed by atoms with Crippen molar-refractivity contribution in [2.45, 2.75) is 26.7 Å². The lowest BCUT2D eigenvalue weighted by Gasteiger charge is -1.94. The van der Waals surface area contributed by atoms with Crippen LogP contribution in [0.5, 0.6) is 0 Å². The van der Waals surface area contributed by atoms with E-state index in [0.29, 0.717) is 5.92 Å². The van der Waals surface area contributed by atoms with E-state index < -0.39 is 0 Å². The summed E-state index contributed by atoms with van der Waals surface area (Å²) < 4.78 is 1.70. The Kier molecular flexibility index (Phi) is 2.95. The van der Waals surface area contributed by atoms with Gasteiger partial charge in [0.25, 0.3) is 0 Å². The summed E-state index contributed by atoms with van der Waals surface area (Å²) in [6.45, 7) is 9.39. The molecular formula is C9H14N4. The Morgan fingerprint density at radius 3 is 2.69 bits per heavy atom. The molecule has 0 saturated carbocycles. The van der Waals surface area contributed by atoms with E-state index in [1.54, 1.807) is 17.1 Å². The minimum atomic E-state index is 0.352. The zero-order valence-electron chi connectivity index (χ0n) is 8.23. The normalized spacial score (nSPS) is 11.4. The Labute approximate surface area is 78.0 Å². The van der Waals surface area contributed by atoms with Gasteiger partial charge in [-0.1, -0.05) is 13.8 Å². The number of nitrogens with zero attached hydrogens (tertiary/aromatic N) is 4. The van der Waals surface area contributed by atoms with E-state index in [-0.39, 0.29) is 0 Å². The van der Waals surface area contributed by atoms with Crippen molar-refractivity contribution in [1.82, 2.24) is 14.8 Å². The summed E-state index contributed by atoms with van der Waals surface area (Å²) >= 11 is 0. The van der Waals surface area contributed by atoms with Crippen molar-refractivity contribution in [3.8, 4) is 0 Å². The number of rotatable bonds is 3. The zero-order chi connectivity index (χ0) is 9.84. The van der Waals surface area contributed by atoms with E-state index in [0.717, 1.165) is 11.6 Å². The van der Waals surface area contributed by atoms with Crippen LogP contribution in [0.25, 0.3) is 6.20 Å². The molecule has 4 heteroatoms. The van der Waals surface area contributed by atoms with E-state index in [2.05, 4.69) is 35.6 Å². The predicted octanol–water partition coefficient (Wildman–Crippen LogP) is 1.84. The maximum atomic E-state index is 4.30. The fourth-order valence-electron chi connectivity index (χ4n) is 0.918. The maximum absolute atomic E-state index is 4.30. The number of aromatic nitrogens is 3. The third-order valence-corrected chi connectivity index (χ3v) is 1.65. The second-order valence-electron chi connectivity index (χ2n) is 3.10. The van der Waals surface area contributed by atoms with E-state index in [4.69, 9.17) is 0 Å². The molecular weight excluding hydrogens is 164 g/mol. The quantitative estimate of drug-likeness (QED) is 0.663. The molecule has 0 radical (unpaired) electrons. The monoisotopic (exact) mass is 178 g/mol. The molecule has 0 aliphatic rings. The summed E-state index contributed by atoms with van der Waals surface area (Å²) in [5, 5.41) is 4.28. The van der Waals surface area contributed by atoms with Gasteiger partial charge in [0.15, 0.2) is 5.82 Å². The molecule has 0 bridgehead atoms. The maximum Gasteiger partial charge on any atom is 0.153 e. The van der Waals surface area contributed by atoms with Crippen molar-refractivity contribution in [2.75, 3.05) is 0 Å². The Morgan fingerprint density at radius 2 is 2.23 bits per heavy atom. The summed E-state index contributed by atoms with van der Waals surface area (Å²) in [5.41, 5.74) is 0. The molecule has 0 amide bonds. The van der Waals surface area contributed by atoms with Crippen molar-refractivity contribution >= 4 is 12.9 Å². The summed E-state index contributed by atoms with van der Waals surface area (Å²) in [7, 11) is 0.